The Morgan fingerprint density at radius 1 is 0.919 bits per heavy atom. The molecule has 3 aromatic rings. The number of carbonyl (C=O) groups is 2. The van der Waals surface area contributed by atoms with E-state index < -0.39 is 12.1 Å². The zero-order chi connectivity index (χ0) is 26.8. The van der Waals surface area contributed by atoms with Gasteiger partial charge in [-0.3, -0.25) is 9.59 Å². The summed E-state index contributed by atoms with van der Waals surface area (Å²) in [5.41, 5.74) is 8.95. The van der Waals surface area contributed by atoms with Gasteiger partial charge in [-0.25, -0.2) is 0 Å². The van der Waals surface area contributed by atoms with Crippen LogP contribution in [0.15, 0.2) is 71.3 Å². The largest absolute Gasteiger partial charge is 0.469 e. The van der Waals surface area contributed by atoms with Crippen LogP contribution in [0.2, 0.25) is 0 Å². The number of nitrogens with two attached hydrogens (primary N) is 1. The normalized spacial score (nSPS) is 12.7. The molecule has 0 aliphatic rings. The molecular formula is C30H39N3O4. The molecule has 7 heteroatoms. The summed E-state index contributed by atoms with van der Waals surface area (Å²) >= 11 is 0. The number of hydrogen-bond donors (Lipinski definition) is 2. The fourth-order valence-electron chi connectivity index (χ4n) is 4.43. The van der Waals surface area contributed by atoms with Crippen molar-refractivity contribution in [2.24, 2.45) is 5.73 Å². The van der Waals surface area contributed by atoms with E-state index in [-0.39, 0.29) is 18.4 Å². The Balaban J connectivity index is 1.86. The van der Waals surface area contributed by atoms with Crippen LogP contribution in [0, 0.1) is 6.92 Å². The van der Waals surface area contributed by atoms with E-state index in [1.54, 1.807) is 29.4 Å². The van der Waals surface area contributed by atoms with Gasteiger partial charge in [0.1, 0.15) is 5.76 Å². The zero-order valence-electron chi connectivity index (χ0n) is 22.1. The Bertz CT molecular complexity index is 1120. The smallest absolute Gasteiger partial charge is 0.254 e. The Hall–Kier alpha value is -3.42. The number of aliphatic hydroxyl groups excluding tert-OH is 1. The third-order valence-corrected chi connectivity index (χ3v) is 6.27. The molecule has 198 valence electrons. The van der Waals surface area contributed by atoms with Gasteiger partial charge in [-0.1, -0.05) is 44.2 Å². The second kappa shape index (κ2) is 13.8. The first-order valence-corrected chi connectivity index (χ1v) is 13.0. The molecule has 0 aliphatic heterocycles. The third-order valence-electron chi connectivity index (χ3n) is 6.27. The maximum absolute atomic E-state index is 13.8. The quantitative estimate of drug-likeness (QED) is 0.358. The van der Waals surface area contributed by atoms with Gasteiger partial charge in [-0.2, -0.15) is 0 Å². The molecule has 1 aromatic heterocycles. The molecular weight excluding hydrogens is 466 g/mol. The highest BCUT2D eigenvalue weighted by Crippen LogP contribution is 2.18. The molecule has 0 fully saturated rings. The van der Waals surface area contributed by atoms with Crippen LogP contribution in [0.5, 0.6) is 0 Å². The van der Waals surface area contributed by atoms with Gasteiger partial charge >= 0.3 is 0 Å². The lowest BCUT2D eigenvalue weighted by Crippen LogP contribution is -2.46. The summed E-state index contributed by atoms with van der Waals surface area (Å²) in [6.07, 6.45) is 2.69. The molecule has 2 aromatic carbocycles. The molecule has 0 unspecified atom stereocenters. The van der Waals surface area contributed by atoms with Crippen LogP contribution in [0.25, 0.3) is 0 Å². The van der Waals surface area contributed by atoms with Crippen LogP contribution < -0.4 is 5.73 Å². The van der Waals surface area contributed by atoms with Gasteiger partial charge in [-0.05, 0) is 61.2 Å². The highest BCUT2D eigenvalue weighted by molar-refractivity contribution is 6.00. The number of carbonyl (C=O) groups excluding carboxylic acids is 2. The van der Waals surface area contributed by atoms with Crippen molar-refractivity contribution in [1.29, 1.82) is 0 Å². The minimum Gasteiger partial charge on any atom is -0.469 e. The number of aryl methyl sites for hydroxylation is 1. The molecule has 2 atom stereocenters. The van der Waals surface area contributed by atoms with Crippen molar-refractivity contribution < 1.29 is 19.1 Å². The molecule has 0 spiro atoms. The lowest BCUT2D eigenvalue weighted by molar-refractivity contribution is 0.0550. The molecule has 3 rings (SSSR count). The van der Waals surface area contributed by atoms with Crippen molar-refractivity contribution in [2.75, 3.05) is 19.6 Å². The van der Waals surface area contributed by atoms with Crippen molar-refractivity contribution in [3.63, 3.8) is 0 Å². The van der Waals surface area contributed by atoms with Crippen LogP contribution >= 0.6 is 0 Å². The number of aliphatic hydroxyl groups is 1. The second-order valence-corrected chi connectivity index (χ2v) is 9.57. The molecule has 0 saturated heterocycles. The zero-order valence-corrected chi connectivity index (χ0v) is 22.1. The summed E-state index contributed by atoms with van der Waals surface area (Å²) in [7, 11) is 0. The summed E-state index contributed by atoms with van der Waals surface area (Å²) in [5.74, 6) is 0.345. The molecule has 0 aliphatic carbocycles. The maximum atomic E-state index is 13.8. The molecule has 0 bridgehead atoms. The van der Waals surface area contributed by atoms with Gasteiger partial charge < -0.3 is 25.1 Å². The van der Waals surface area contributed by atoms with Crippen LogP contribution in [-0.2, 0) is 13.0 Å². The Morgan fingerprint density at radius 3 is 2.11 bits per heavy atom. The van der Waals surface area contributed by atoms with Gasteiger partial charge in [0.15, 0.2) is 0 Å². The van der Waals surface area contributed by atoms with E-state index >= 15 is 0 Å². The maximum Gasteiger partial charge on any atom is 0.254 e. The summed E-state index contributed by atoms with van der Waals surface area (Å²) in [6, 6.07) is 17.9. The van der Waals surface area contributed by atoms with Crippen LogP contribution in [0.4, 0.5) is 0 Å². The molecule has 3 N–H and O–H groups in total. The summed E-state index contributed by atoms with van der Waals surface area (Å²) < 4.78 is 5.37. The average molecular weight is 506 g/mol. The van der Waals surface area contributed by atoms with Crippen molar-refractivity contribution in [3.05, 3.63) is 94.9 Å². The van der Waals surface area contributed by atoms with E-state index in [0.29, 0.717) is 42.9 Å². The van der Waals surface area contributed by atoms with Crippen LogP contribution in [-0.4, -0.2) is 58.5 Å². The minimum absolute atomic E-state index is 0.0462. The number of amides is 2. The molecule has 7 nitrogen and oxygen atoms in total. The first-order chi connectivity index (χ1) is 17.8. The molecule has 0 radical (unpaired) electrons. The fraction of sp³-hybridized carbons (Fsp3) is 0.400. The summed E-state index contributed by atoms with van der Waals surface area (Å²) in [4.78, 5) is 30.5. The molecule has 0 saturated carbocycles. The van der Waals surface area contributed by atoms with E-state index in [0.717, 1.165) is 24.0 Å². The van der Waals surface area contributed by atoms with Gasteiger partial charge in [0, 0.05) is 49.8 Å². The third kappa shape index (κ3) is 8.03. The molecule has 37 heavy (non-hydrogen) atoms. The van der Waals surface area contributed by atoms with Gasteiger partial charge in [0.05, 0.1) is 12.4 Å². The Morgan fingerprint density at radius 2 is 1.54 bits per heavy atom. The van der Waals surface area contributed by atoms with E-state index in [9.17, 15) is 14.7 Å². The predicted molar refractivity (Wildman–Crippen MR) is 145 cm³/mol. The van der Waals surface area contributed by atoms with Crippen molar-refractivity contribution in [3.8, 4) is 0 Å². The molecule has 1 heterocycles. The van der Waals surface area contributed by atoms with Crippen molar-refractivity contribution >= 4 is 11.8 Å². The average Bonchev–Trinajstić information content (AvgIpc) is 3.40. The van der Waals surface area contributed by atoms with Crippen molar-refractivity contribution in [2.45, 2.75) is 58.7 Å². The monoisotopic (exact) mass is 505 g/mol. The lowest BCUT2D eigenvalue weighted by atomic mass is 10.0. The molecule has 2 amide bonds. The Labute approximate surface area is 219 Å². The number of benzene rings is 2. The van der Waals surface area contributed by atoms with E-state index in [1.165, 1.54) is 0 Å². The van der Waals surface area contributed by atoms with Gasteiger partial charge in [0.25, 0.3) is 11.8 Å². The lowest BCUT2D eigenvalue weighted by Gasteiger charge is -2.28. The van der Waals surface area contributed by atoms with Crippen LogP contribution in [0.1, 0.15) is 64.3 Å². The van der Waals surface area contributed by atoms with Crippen LogP contribution in [0.3, 0.4) is 0 Å². The first-order valence-electron chi connectivity index (χ1n) is 13.0. The van der Waals surface area contributed by atoms with E-state index in [4.69, 9.17) is 10.2 Å². The number of rotatable bonds is 13. The van der Waals surface area contributed by atoms with Gasteiger partial charge in [-0.15, -0.1) is 0 Å². The fourth-order valence-corrected chi connectivity index (χ4v) is 4.43. The number of furan rings is 1. The van der Waals surface area contributed by atoms with E-state index in [1.807, 2.05) is 68.1 Å². The Kier molecular flexibility index (Phi) is 10.5. The highest BCUT2D eigenvalue weighted by Gasteiger charge is 2.25. The topological polar surface area (TPSA) is 100 Å². The predicted octanol–water partition coefficient (Wildman–Crippen LogP) is 4.42. The first kappa shape index (κ1) is 28.2. The second-order valence-electron chi connectivity index (χ2n) is 9.57. The van der Waals surface area contributed by atoms with Crippen molar-refractivity contribution in [1.82, 2.24) is 9.80 Å². The minimum atomic E-state index is -0.965. The summed E-state index contributed by atoms with van der Waals surface area (Å²) in [5, 5.41) is 10.9. The highest BCUT2D eigenvalue weighted by atomic mass is 16.3. The summed E-state index contributed by atoms with van der Waals surface area (Å²) in [6.45, 7) is 7.67. The SMILES string of the molecule is CCCN(CCC)C(=O)c1cc(C)cc(C(=O)N(Cc2ccccc2)C[C@@H](O)[C@@H](N)Cc2ccco2)c1. The van der Waals surface area contributed by atoms with E-state index in [2.05, 4.69) is 0 Å². The number of hydrogen-bond acceptors (Lipinski definition) is 5. The van der Waals surface area contributed by atoms with Gasteiger partial charge in [0.2, 0.25) is 0 Å². The number of nitrogens with zero attached hydrogens (tertiary/aromatic N) is 2. The standard InChI is InChI=1S/C30H39N3O4/c1-4-13-32(14-5-2)29(35)24-16-22(3)17-25(18-24)30(36)33(20-23-10-7-6-8-11-23)21-28(34)27(31)19-26-12-9-15-37-26/h6-12,15-18,27-28,34H,4-5,13-14,19-21,31H2,1-3H3/t27-,28+/m0/s1.